The highest BCUT2D eigenvalue weighted by molar-refractivity contribution is 5.76. The highest BCUT2D eigenvalue weighted by Crippen LogP contribution is 2.27. The summed E-state index contributed by atoms with van der Waals surface area (Å²) >= 11 is 0. The summed E-state index contributed by atoms with van der Waals surface area (Å²) in [6.07, 6.45) is 14.1. The number of nitrogens with one attached hydrogen (secondary N) is 1. The van der Waals surface area contributed by atoms with Crippen molar-refractivity contribution in [1.29, 1.82) is 0 Å². The van der Waals surface area contributed by atoms with Gasteiger partial charge in [0.05, 0.1) is 0 Å². The molecule has 0 aromatic carbocycles. The Morgan fingerprint density at radius 3 is 2.21 bits per heavy atom. The highest BCUT2D eigenvalue weighted by atomic mass is 16.1. The van der Waals surface area contributed by atoms with Gasteiger partial charge in [0.15, 0.2) is 0 Å². The van der Waals surface area contributed by atoms with E-state index in [1.807, 2.05) is 0 Å². The third kappa shape index (κ3) is 5.52. The van der Waals surface area contributed by atoms with Crippen LogP contribution in [-0.2, 0) is 4.79 Å². The Hall–Kier alpha value is -0.570. The van der Waals surface area contributed by atoms with E-state index < -0.39 is 0 Å². The minimum Gasteiger partial charge on any atom is -0.353 e. The monoisotopic (exact) mass is 266 g/mol. The molecule has 0 atom stereocenters. The van der Waals surface area contributed by atoms with Gasteiger partial charge in [0, 0.05) is 18.5 Å². The summed E-state index contributed by atoms with van der Waals surface area (Å²) in [6.45, 7) is 0. The molecule has 2 aliphatic rings. The molecule has 0 bridgehead atoms. The van der Waals surface area contributed by atoms with E-state index in [1.165, 1.54) is 51.4 Å². The first-order valence-corrected chi connectivity index (χ1v) is 8.29. The summed E-state index contributed by atoms with van der Waals surface area (Å²) in [6, 6.07) is 0.867. The quantitative estimate of drug-likeness (QED) is 0.768. The van der Waals surface area contributed by atoms with Gasteiger partial charge in [-0.3, -0.25) is 4.79 Å². The van der Waals surface area contributed by atoms with Gasteiger partial charge in [-0.15, -0.1) is 0 Å². The number of carbonyl (C=O) groups excluding carboxylic acids is 1. The van der Waals surface area contributed by atoms with Gasteiger partial charge in [0.2, 0.25) is 5.91 Å². The number of nitrogens with two attached hydrogens (primary N) is 1. The summed E-state index contributed by atoms with van der Waals surface area (Å²) < 4.78 is 0. The van der Waals surface area contributed by atoms with Crippen LogP contribution in [0, 0.1) is 5.92 Å². The van der Waals surface area contributed by atoms with Crippen LogP contribution >= 0.6 is 0 Å². The Labute approximate surface area is 117 Å². The predicted octanol–water partition coefficient (Wildman–Crippen LogP) is 3.12. The fourth-order valence-corrected chi connectivity index (χ4v) is 3.54. The fraction of sp³-hybridized carbons (Fsp3) is 0.938. The maximum Gasteiger partial charge on any atom is 0.220 e. The fourth-order valence-electron chi connectivity index (χ4n) is 3.54. The Morgan fingerprint density at radius 2 is 1.58 bits per heavy atom. The molecule has 2 aliphatic carbocycles. The molecule has 1 amide bonds. The number of carbonyl (C=O) groups is 1. The molecule has 0 unspecified atom stereocenters. The van der Waals surface area contributed by atoms with Crippen LogP contribution in [0.5, 0.6) is 0 Å². The van der Waals surface area contributed by atoms with Crippen molar-refractivity contribution in [1.82, 2.24) is 5.32 Å². The molecule has 110 valence electrons. The van der Waals surface area contributed by atoms with Crippen LogP contribution in [0.4, 0.5) is 0 Å². The van der Waals surface area contributed by atoms with Crippen molar-refractivity contribution in [2.45, 2.75) is 89.1 Å². The molecule has 2 rings (SSSR count). The van der Waals surface area contributed by atoms with Crippen molar-refractivity contribution < 1.29 is 4.79 Å². The summed E-state index contributed by atoms with van der Waals surface area (Å²) in [5.74, 6) is 1.02. The summed E-state index contributed by atoms with van der Waals surface area (Å²) in [4.78, 5) is 12.0. The lowest BCUT2D eigenvalue weighted by Crippen LogP contribution is -2.34. The number of hydrogen-bond acceptors (Lipinski definition) is 2. The molecule has 19 heavy (non-hydrogen) atoms. The lowest BCUT2D eigenvalue weighted by molar-refractivity contribution is -0.122. The zero-order valence-corrected chi connectivity index (χ0v) is 12.2. The first-order chi connectivity index (χ1) is 9.24. The zero-order chi connectivity index (χ0) is 13.5. The standard InChI is InChI=1S/C16H30N2O/c17-14-10-7-13(8-11-14)9-12-16(19)18-15-5-3-1-2-4-6-15/h13-15H,1-12,17H2,(H,18,19). The third-order valence-electron chi connectivity index (χ3n) is 4.89. The van der Waals surface area contributed by atoms with Crippen molar-refractivity contribution in [3.8, 4) is 0 Å². The average Bonchev–Trinajstić information content (AvgIpc) is 2.67. The molecule has 0 radical (unpaired) electrons. The Bertz CT molecular complexity index is 264. The average molecular weight is 266 g/mol. The zero-order valence-electron chi connectivity index (χ0n) is 12.2. The van der Waals surface area contributed by atoms with E-state index in [4.69, 9.17) is 5.73 Å². The molecular formula is C16H30N2O. The molecule has 0 aliphatic heterocycles. The maximum atomic E-state index is 12.0. The van der Waals surface area contributed by atoms with E-state index in [-0.39, 0.29) is 5.91 Å². The van der Waals surface area contributed by atoms with Crippen LogP contribution in [0.3, 0.4) is 0 Å². The van der Waals surface area contributed by atoms with Crippen LogP contribution in [0.2, 0.25) is 0 Å². The lowest BCUT2D eigenvalue weighted by atomic mass is 9.84. The minimum atomic E-state index is 0.279. The first kappa shape index (κ1) is 14.8. The molecular weight excluding hydrogens is 236 g/mol. The van der Waals surface area contributed by atoms with Crippen LogP contribution < -0.4 is 11.1 Å². The summed E-state index contributed by atoms with van der Waals surface area (Å²) in [7, 11) is 0. The van der Waals surface area contributed by atoms with E-state index in [0.717, 1.165) is 31.6 Å². The van der Waals surface area contributed by atoms with E-state index in [2.05, 4.69) is 5.32 Å². The third-order valence-corrected chi connectivity index (χ3v) is 4.89. The molecule has 0 saturated heterocycles. The second-order valence-electron chi connectivity index (χ2n) is 6.58. The normalized spacial score (nSPS) is 29.7. The lowest BCUT2D eigenvalue weighted by Gasteiger charge is -2.26. The van der Waals surface area contributed by atoms with Crippen LogP contribution in [0.25, 0.3) is 0 Å². The number of hydrogen-bond donors (Lipinski definition) is 2. The molecule has 0 aromatic heterocycles. The van der Waals surface area contributed by atoms with Gasteiger partial charge in [-0.05, 0) is 50.9 Å². The van der Waals surface area contributed by atoms with E-state index in [0.29, 0.717) is 12.1 Å². The van der Waals surface area contributed by atoms with E-state index in [9.17, 15) is 4.79 Å². The molecule has 0 aromatic rings. The molecule has 3 nitrogen and oxygen atoms in total. The van der Waals surface area contributed by atoms with Crippen LogP contribution in [-0.4, -0.2) is 18.0 Å². The van der Waals surface area contributed by atoms with Gasteiger partial charge in [0.1, 0.15) is 0 Å². The topological polar surface area (TPSA) is 55.1 Å². The van der Waals surface area contributed by atoms with Gasteiger partial charge >= 0.3 is 0 Å². The van der Waals surface area contributed by atoms with Crippen LogP contribution in [0.1, 0.15) is 77.0 Å². The van der Waals surface area contributed by atoms with Crippen molar-refractivity contribution in [2.75, 3.05) is 0 Å². The first-order valence-electron chi connectivity index (χ1n) is 8.29. The Kier molecular flexibility index (Phi) is 6.15. The summed E-state index contributed by atoms with van der Waals surface area (Å²) in [5.41, 5.74) is 5.91. The second kappa shape index (κ2) is 7.88. The summed E-state index contributed by atoms with van der Waals surface area (Å²) in [5, 5.41) is 3.24. The molecule has 3 heteroatoms. The van der Waals surface area contributed by atoms with Gasteiger partial charge < -0.3 is 11.1 Å². The number of rotatable bonds is 4. The highest BCUT2D eigenvalue weighted by Gasteiger charge is 2.20. The molecule has 2 saturated carbocycles. The molecule has 2 fully saturated rings. The van der Waals surface area contributed by atoms with Crippen molar-refractivity contribution in [2.24, 2.45) is 11.7 Å². The second-order valence-corrected chi connectivity index (χ2v) is 6.58. The molecule has 3 N–H and O–H groups in total. The van der Waals surface area contributed by atoms with E-state index >= 15 is 0 Å². The van der Waals surface area contributed by atoms with Gasteiger partial charge in [-0.2, -0.15) is 0 Å². The maximum absolute atomic E-state index is 12.0. The van der Waals surface area contributed by atoms with Crippen molar-refractivity contribution in [3.63, 3.8) is 0 Å². The van der Waals surface area contributed by atoms with Gasteiger partial charge in [-0.1, -0.05) is 25.7 Å². The predicted molar refractivity (Wildman–Crippen MR) is 78.8 cm³/mol. The number of amides is 1. The van der Waals surface area contributed by atoms with Crippen LogP contribution in [0.15, 0.2) is 0 Å². The Morgan fingerprint density at radius 1 is 0.947 bits per heavy atom. The largest absolute Gasteiger partial charge is 0.353 e. The van der Waals surface area contributed by atoms with Gasteiger partial charge in [-0.25, -0.2) is 0 Å². The Balaban J connectivity index is 1.61. The van der Waals surface area contributed by atoms with Crippen molar-refractivity contribution >= 4 is 5.91 Å². The van der Waals surface area contributed by atoms with Crippen molar-refractivity contribution in [3.05, 3.63) is 0 Å². The van der Waals surface area contributed by atoms with E-state index in [1.54, 1.807) is 0 Å². The minimum absolute atomic E-state index is 0.279. The SMILES string of the molecule is NC1CCC(CCC(=O)NC2CCCCCC2)CC1. The van der Waals surface area contributed by atoms with Gasteiger partial charge in [0.25, 0.3) is 0 Å². The smallest absolute Gasteiger partial charge is 0.220 e. The molecule has 0 spiro atoms. The molecule has 0 heterocycles.